The fourth-order valence-electron chi connectivity index (χ4n) is 8.76. The highest BCUT2D eigenvalue weighted by Crippen LogP contribution is 2.57. The number of furan rings is 1. The van der Waals surface area contributed by atoms with Crippen LogP contribution in [0.4, 0.5) is 0 Å². The summed E-state index contributed by atoms with van der Waals surface area (Å²) in [5.74, 6) is 1.85. The topological polar surface area (TPSA) is 51.8 Å². The molecular formula is C52H33N3O. The second-order valence-corrected chi connectivity index (χ2v) is 14.3. The van der Waals surface area contributed by atoms with Gasteiger partial charge in [0.15, 0.2) is 17.5 Å². The lowest BCUT2D eigenvalue weighted by Gasteiger charge is -2.34. The number of hydrogen-bond donors (Lipinski definition) is 0. The van der Waals surface area contributed by atoms with Crippen LogP contribution >= 0.6 is 0 Å². The lowest BCUT2D eigenvalue weighted by Crippen LogP contribution is -2.28. The molecule has 1 aliphatic rings. The molecular weight excluding hydrogens is 683 g/mol. The molecule has 4 nitrogen and oxygen atoms in total. The van der Waals surface area contributed by atoms with Crippen LogP contribution < -0.4 is 0 Å². The van der Waals surface area contributed by atoms with Crippen molar-refractivity contribution in [3.63, 3.8) is 0 Å². The summed E-state index contributed by atoms with van der Waals surface area (Å²) in [4.78, 5) is 15.1. The first-order chi connectivity index (χ1) is 27.8. The molecule has 1 aliphatic carbocycles. The third-order valence-corrected chi connectivity index (χ3v) is 11.2. The van der Waals surface area contributed by atoms with Gasteiger partial charge in [-0.15, -0.1) is 0 Å². The average molecular weight is 716 g/mol. The van der Waals surface area contributed by atoms with Crippen molar-refractivity contribution < 1.29 is 4.42 Å². The zero-order valence-electron chi connectivity index (χ0n) is 30.3. The third kappa shape index (κ3) is 4.96. The highest BCUT2D eigenvalue weighted by Gasteiger charge is 2.46. The summed E-state index contributed by atoms with van der Waals surface area (Å²) in [7, 11) is 0. The molecule has 0 fully saturated rings. The van der Waals surface area contributed by atoms with Crippen LogP contribution in [0.5, 0.6) is 0 Å². The number of hydrogen-bond acceptors (Lipinski definition) is 4. The van der Waals surface area contributed by atoms with Crippen LogP contribution in [0.1, 0.15) is 22.3 Å². The van der Waals surface area contributed by atoms with Gasteiger partial charge in [-0.3, -0.25) is 0 Å². The van der Waals surface area contributed by atoms with Crippen LogP contribution in [0.2, 0.25) is 0 Å². The average Bonchev–Trinajstić information content (AvgIpc) is 3.81. The molecule has 56 heavy (non-hydrogen) atoms. The van der Waals surface area contributed by atoms with Gasteiger partial charge >= 0.3 is 0 Å². The SMILES string of the molecule is c1ccc(-c2cccc(C3(c4ccc5c(c4)oc4cccc(-c6nc(-c7ccccc7)nc(-c7ccccc7)n6)c45)c4ccccc4-c4ccccc43)c2)cc1. The van der Waals surface area contributed by atoms with E-state index in [1.165, 1.54) is 38.9 Å². The standard InChI is InChI=1S/C52H33N3O/c1-4-16-34(17-5-1)37-22-14-23-38(32-37)52(44-27-12-10-24-40(44)41-25-11-13-28-45(41)52)39-30-31-42-47(33-39)56-46-29-15-26-43(48(42)46)51-54-49(35-18-6-2-7-19-35)53-50(55-51)36-20-8-3-9-21-36/h1-33H. The molecule has 0 atom stereocenters. The van der Waals surface area contributed by atoms with Gasteiger partial charge < -0.3 is 4.42 Å². The van der Waals surface area contributed by atoms with E-state index < -0.39 is 5.41 Å². The first kappa shape index (κ1) is 32.0. The van der Waals surface area contributed by atoms with Crippen LogP contribution in [0.3, 0.4) is 0 Å². The van der Waals surface area contributed by atoms with Crippen LogP contribution in [-0.2, 0) is 5.41 Å². The van der Waals surface area contributed by atoms with E-state index in [2.05, 4.69) is 127 Å². The Morgan fingerprint density at radius 1 is 0.339 bits per heavy atom. The third-order valence-electron chi connectivity index (χ3n) is 11.2. The predicted molar refractivity (Wildman–Crippen MR) is 226 cm³/mol. The molecule has 4 heteroatoms. The summed E-state index contributed by atoms with van der Waals surface area (Å²) in [6.45, 7) is 0. The van der Waals surface area contributed by atoms with Crippen molar-refractivity contribution in [2.24, 2.45) is 0 Å². The van der Waals surface area contributed by atoms with Crippen LogP contribution in [0, 0.1) is 0 Å². The minimum Gasteiger partial charge on any atom is -0.456 e. The normalized spacial score (nSPS) is 12.8. The second kappa shape index (κ2) is 12.9. The van der Waals surface area contributed by atoms with Crippen LogP contribution in [-0.4, -0.2) is 15.0 Å². The Kier molecular flexibility index (Phi) is 7.36. The van der Waals surface area contributed by atoms with Crippen LogP contribution in [0.25, 0.3) is 78.4 Å². The molecule has 8 aromatic carbocycles. The molecule has 0 unspecified atom stereocenters. The van der Waals surface area contributed by atoms with Crippen molar-refractivity contribution in [3.8, 4) is 56.4 Å². The van der Waals surface area contributed by atoms with E-state index in [9.17, 15) is 0 Å². The maximum absolute atomic E-state index is 6.82. The van der Waals surface area contributed by atoms with Crippen molar-refractivity contribution >= 4 is 21.9 Å². The van der Waals surface area contributed by atoms with Crippen molar-refractivity contribution in [2.75, 3.05) is 0 Å². The molecule has 0 aliphatic heterocycles. The molecule has 0 amide bonds. The van der Waals surface area contributed by atoms with E-state index in [-0.39, 0.29) is 0 Å². The van der Waals surface area contributed by atoms with Crippen LogP contribution in [0.15, 0.2) is 205 Å². The molecule has 0 radical (unpaired) electrons. The Morgan fingerprint density at radius 3 is 1.48 bits per heavy atom. The van der Waals surface area contributed by atoms with Gasteiger partial charge in [0.1, 0.15) is 11.2 Å². The first-order valence-electron chi connectivity index (χ1n) is 18.9. The summed E-state index contributed by atoms with van der Waals surface area (Å²) < 4.78 is 6.82. The van der Waals surface area contributed by atoms with E-state index in [0.29, 0.717) is 17.5 Å². The second-order valence-electron chi connectivity index (χ2n) is 14.3. The molecule has 0 spiro atoms. The van der Waals surface area contributed by atoms with Gasteiger partial charge in [0.2, 0.25) is 0 Å². The summed E-state index contributed by atoms with van der Waals surface area (Å²) >= 11 is 0. The largest absolute Gasteiger partial charge is 0.456 e. The predicted octanol–water partition coefficient (Wildman–Crippen LogP) is 12.8. The maximum Gasteiger partial charge on any atom is 0.164 e. The smallest absolute Gasteiger partial charge is 0.164 e. The molecule has 262 valence electrons. The zero-order chi connectivity index (χ0) is 37.1. The quantitative estimate of drug-likeness (QED) is 0.172. The highest BCUT2D eigenvalue weighted by molar-refractivity contribution is 6.12. The molecule has 0 N–H and O–H groups in total. The van der Waals surface area contributed by atoms with Crippen molar-refractivity contribution in [1.29, 1.82) is 0 Å². The molecule has 0 saturated heterocycles. The minimum absolute atomic E-state index is 0.586. The Morgan fingerprint density at radius 2 is 0.839 bits per heavy atom. The number of aromatic nitrogens is 3. The first-order valence-corrected chi connectivity index (χ1v) is 18.9. The summed E-state index contributed by atoms with van der Waals surface area (Å²) in [6, 6.07) is 70.5. The van der Waals surface area contributed by atoms with E-state index in [0.717, 1.165) is 44.2 Å². The van der Waals surface area contributed by atoms with E-state index in [1.54, 1.807) is 0 Å². The van der Waals surface area contributed by atoms with Gasteiger partial charge in [0.25, 0.3) is 0 Å². The van der Waals surface area contributed by atoms with Gasteiger partial charge in [0.05, 0.1) is 5.41 Å². The Hall–Kier alpha value is -7.43. The summed E-state index contributed by atoms with van der Waals surface area (Å²) in [5, 5.41) is 1.99. The van der Waals surface area contributed by atoms with Gasteiger partial charge in [-0.05, 0) is 62.7 Å². The molecule has 2 aromatic heterocycles. The lowest BCUT2D eigenvalue weighted by atomic mass is 9.67. The van der Waals surface area contributed by atoms with Crippen molar-refractivity contribution in [1.82, 2.24) is 15.0 Å². The van der Waals surface area contributed by atoms with Gasteiger partial charge in [-0.25, -0.2) is 15.0 Å². The highest BCUT2D eigenvalue weighted by atomic mass is 16.3. The van der Waals surface area contributed by atoms with E-state index in [4.69, 9.17) is 19.4 Å². The van der Waals surface area contributed by atoms with Gasteiger partial charge in [-0.1, -0.05) is 182 Å². The van der Waals surface area contributed by atoms with Gasteiger partial charge in [-0.2, -0.15) is 0 Å². The van der Waals surface area contributed by atoms with Crippen molar-refractivity contribution in [3.05, 3.63) is 222 Å². The van der Waals surface area contributed by atoms with Crippen molar-refractivity contribution in [2.45, 2.75) is 5.41 Å². The fraction of sp³-hybridized carbons (Fsp3) is 0.0192. The molecule has 0 bridgehead atoms. The Labute approximate surface area is 324 Å². The maximum atomic E-state index is 6.82. The molecule has 10 aromatic rings. The van der Waals surface area contributed by atoms with E-state index >= 15 is 0 Å². The monoisotopic (exact) mass is 715 g/mol. The van der Waals surface area contributed by atoms with E-state index in [1.807, 2.05) is 72.8 Å². The molecule has 2 heterocycles. The zero-order valence-corrected chi connectivity index (χ0v) is 30.3. The summed E-state index contributed by atoms with van der Waals surface area (Å²) in [5.41, 5.74) is 13.5. The number of rotatable bonds is 6. The molecule has 0 saturated carbocycles. The fourth-order valence-corrected chi connectivity index (χ4v) is 8.76. The summed E-state index contributed by atoms with van der Waals surface area (Å²) in [6.07, 6.45) is 0. The Bertz CT molecular complexity index is 2980. The number of fused-ring (bicyclic) bond motifs is 6. The molecule has 11 rings (SSSR count). The van der Waals surface area contributed by atoms with Gasteiger partial charge in [0, 0.05) is 27.5 Å². The number of benzene rings is 8. The number of nitrogens with zero attached hydrogens (tertiary/aromatic N) is 3. The lowest BCUT2D eigenvalue weighted by molar-refractivity contribution is 0.665. The Balaban J connectivity index is 1.15. The minimum atomic E-state index is -0.586.